The van der Waals surface area contributed by atoms with E-state index < -0.39 is 23.9 Å². The summed E-state index contributed by atoms with van der Waals surface area (Å²) >= 11 is 0. The summed E-state index contributed by atoms with van der Waals surface area (Å²) in [5.41, 5.74) is 0. The number of rotatable bonds is 12. The Kier molecular flexibility index (Phi) is 45.1. The van der Waals surface area contributed by atoms with Crippen molar-refractivity contribution in [3.05, 3.63) is 0 Å². The standard InChI is InChI=1S/4C4H8O3.Pb/c4*5-3-1-2-4(6)7;/h4*5H,1-3H2,(H,6,7);/q;;;;+4/p-4. The van der Waals surface area contributed by atoms with Crippen molar-refractivity contribution in [2.24, 2.45) is 0 Å². The molecule has 168 valence electrons. The molecule has 0 bridgehead atoms. The Labute approximate surface area is 189 Å². The first kappa shape index (κ1) is 38.3. The minimum absolute atomic E-state index is 0. The van der Waals surface area contributed by atoms with Gasteiger partial charge in [-0.25, -0.2) is 0 Å². The molecular formula is C16H28O12Pb. The molecule has 0 aliphatic carbocycles. The normalized spacial score (nSPS) is 8.41. The molecule has 0 atom stereocenters. The average Bonchev–Trinajstić information content (AvgIpc) is 2.62. The summed E-state index contributed by atoms with van der Waals surface area (Å²) in [6.07, 6.45) is 0.995. The first-order valence-corrected chi connectivity index (χ1v) is 8.31. The second kappa shape index (κ2) is 34.2. The van der Waals surface area contributed by atoms with Crippen LogP contribution in [0, 0.1) is 0 Å². The van der Waals surface area contributed by atoms with E-state index in [9.17, 15) is 39.6 Å². The van der Waals surface area contributed by atoms with E-state index in [1.165, 1.54) is 0 Å². The van der Waals surface area contributed by atoms with E-state index in [0.717, 1.165) is 0 Å². The molecule has 0 spiro atoms. The van der Waals surface area contributed by atoms with E-state index in [1.54, 1.807) is 0 Å². The molecule has 0 rings (SSSR count). The Morgan fingerprint density at radius 3 is 0.621 bits per heavy atom. The molecule has 0 fully saturated rings. The van der Waals surface area contributed by atoms with Crippen molar-refractivity contribution >= 4 is 51.2 Å². The third-order valence-corrected chi connectivity index (χ3v) is 2.16. The fraction of sp³-hybridized carbons (Fsp3) is 0.750. The summed E-state index contributed by atoms with van der Waals surface area (Å²) in [7, 11) is 0. The molecule has 0 aromatic rings. The molecule has 0 aromatic heterocycles. The van der Waals surface area contributed by atoms with Gasteiger partial charge in [-0.2, -0.15) is 0 Å². The molecule has 4 N–H and O–H groups in total. The molecule has 12 nitrogen and oxygen atoms in total. The smallest absolute Gasteiger partial charge is 0.550 e. The van der Waals surface area contributed by atoms with Crippen LogP contribution in [0.4, 0.5) is 0 Å². The van der Waals surface area contributed by atoms with Crippen molar-refractivity contribution in [3.8, 4) is 0 Å². The van der Waals surface area contributed by atoms with E-state index in [4.69, 9.17) is 20.4 Å². The summed E-state index contributed by atoms with van der Waals surface area (Å²) < 4.78 is 0. The van der Waals surface area contributed by atoms with E-state index >= 15 is 0 Å². The average molecular weight is 620 g/mol. The molecule has 29 heavy (non-hydrogen) atoms. The number of hydrogen-bond donors (Lipinski definition) is 4. The van der Waals surface area contributed by atoms with E-state index in [0.29, 0.717) is 25.7 Å². The van der Waals surface area contributed by atoms with Gasteiger partial charge < -0.3 is 60.0 Å². The number of hydrogen-bond acceptors (Lipinski definition) is 12. The van der Waals surface area contributed by atoms with Crippen molar-refractivity contribution in [3.63, 3.8) is 0 Å². The molecule has 0 saturated carbocycles. The first-order chi connectivity index (χ1) is 13.1. The van der Waals surface area contributed by atoms with Gasteiger partial charge in [0.2, 0.25) is 0 Å². The van der Waals surface area contributed by atoms with E-state index in [-0.39, 0.29) is 79.4 Å². The number of aliphatic hydroxyl groups is 4. The van der Waals surface area contributed by atoms with Crippen molar-refractivity contribution in [1.29, 1.82) is 0 Å². The third-order valence-electron chi connectivity index (χ3n) is 2.16. The fourth-order valence-corrected chi connectivity index (χ4v) is 0.894. The summed E-state index contributed by atoms with van der Waals surface area (Å²) in [5.74, 6) is -4.41. The first-order valence-electron chi connectivity index (χ1n) is 8.31. The molecule has 0 aliphatic rings. The quantitative estimate of drug-likeness (QED) is 0.149. The minimum atomic E-state index is -1.10. The topological polar surface area (TPSA) is 241 Å². The summed E-state index contributed by atoms with van der Waals surface area (Å²) in [6, 6.07) is 0. The van der Waals surface area contributed by atoms with Crippen molar-refractivity contribution in [2.45, 2.75) is 51.4 Å². The van der Waals surface area contributed by atoms with Gasteiger partial charge in [-0.15, -0.1) is 0 Å². The van der Waals surface area contributed by atoms with Gasteiger partial charge in [0.05, 0.1) is 0 Å². The Hall–Kier alpha value is -1.36. The number of aliphatic carboxylic acids is 4. The van der Waals surface area contributed by atoms with Gasteiger partial charge in [-0.1, -0.05) is 0 Å². The Bertz CT molecular complexity index is 318. The SMILES string of the molecule is O=C([O-])CCCO.O=C([O-])CCCO.O=C([O-])CCCO.O=C([O-])CCCO.[Pb+4]. The van der Waals surface area contributed by atoms with Crippen molar-refractivity contribution in [2.75, 3.05) is 26.4 Å². The summed E-state index contributed by atoms with van der Waals surface area (Å²) in [5, 5.41) is 70.2. The van der Waals surface area contributed by atoms with Crippen LogP contribution in [0.1, 0.15) is 51.4 Å². The summed E-state index contributed by atoms with van der Waals surface area (Å²) in [6.45, 7) is -0.302. The third kappa shape index (κ3) is 75.5. The fourth-order valence-electron chi connectivity index (χ4n) is 0.894. The number of aliphatic hydroxyl groups excluding tert-OH is 4. The van der Waals surface area contributed by atoms with Crippen molar-refractivity contribution in [1.82, 2.24) is 0 Å². The molecular weight excluding hydrogens is 591 g/mol. The van der Waals surface area contributed by atoms with Gasteiger partial charge in [0.1, 0.15) is 0 Å². The zero-order valence-corrected chi connectivity index (χ0v) is 19.9. The van der Waals surface area contributed by atoms with Crippen LogP contribution in [-0.4, -0.2) is 98.0 Å². The van der Waals surface area contributed by atoms with E-state index in [2.05, 4.69) is 0 Å². The van der Waals surface area contributed by atoms with Crippen LogP contribution in [-0.2, 0) is 19.2 Å². The number of carboxylic acid groups (broad SMARTS) is 4. The monoisotopic (exact) mass is 620 g/mol. The van der Waals surface area contributed by atoms with Crippen LogP contribution in [0.2, 0.25) is 0 Å². The van der Waals surface area contributed by atoms with Crippen LogP contribution in [0.15, 0.2) is 0 Å². The van der Waals surface area contributed by atoms with Crippen LogP contribution in [0.25, 0.3) is 0 Å². The van der Waals surface area contributed by atoms with Gasteiger partial charge >= 0.3 is 27.3 Å². The largest absolute Gasteiger partial charge is 4.00 e. The summed E-state index contributed by atoms with van der Waals surface area (Å²) in [4.78, 5) is 38.1. The molecule has 0 saturated heterocycles. The molecule has 0 heterocycles. The second-order valence-electron chi connectivity index (χ2n) is 4.80. The van der Waals surface area contributed by atoms with Gasteiger partial charge in [0.25, 0.3) is 0 Å². The molecule has 0 unspecified atom stereocenters. The zero-order chi connectivity index (χ0) is 22.8. The zero-order valence-electron chi connectivity index (χ0n) is 16.0. The predicted molar refractivity (Wildman–Crippen MR) is 91.1 cm³/mol. The number of carbonyl (C=O) groups is 4. The van der Waals surface area contributed by atoms with Crippen LogP contribution >= 0.6 is 0 Å². The molecule has 0 aromatic carbocycles. The van der Waals surface area contributed by atoms with Crippen LogP contribution < -0.4 is 20.4 Å². The van der Waals surface area contributed by atoms with Crippen LogP contribution in [0.3, 0.4) is 0 Å². The van der Waals surface area contributed by atoms with Crippen molar-refractivity contribution < 1.29 is 60.0 Å². The minimum Gasteiger partial charge on any atom is -0.550 e. The van der Waals surface area contributed by atoms with E-state index in [1.807, 2.05) is 0 Å². The maximum atomic E-state index is 9.54. The molecule has 0 aliphatic heterocycles. The Morgan fingerprint density at radius 2 is 0.586 bits per heavy atom. The molecule has 0 radical (unpaired) electrons. The Morgan fingerprint density at radius 1 is 0.448 bits per heavy atom. The van der Waals surface area contributed by atoms with Gasteiger partial charge in [0, 0.05) is 50.3 Å². The van der Waals surface area contributed by atoms with Gasteiger partial charge in [-0.05, 0) is 51.4 Å². The molecule has 13 heteroatoms. The molecule has 0 amide bonds. The number of carbonyl (C=O) groups excluding carboxylic acids is 4. The van der Waals surface area contributed by atoms with Crippen LogP contribution in [0.5, 0.6) is 0 Å². The Balaban J connectivity index is -0.0000000873. The second-order valence-corrected chi connectivity index (χ2v) is 4.80. The predicted octanol–water partition coefficient (Wildman–Crippen LogP) is -6.35. The van der Waals surface area contributed by atoms with Gasteiger partial charge in [-0.3, -0.25) is 0 Å². The maximum Gasteiger partial charge on any atom is 4.00 e. The number of carboxylic acids is 4. The maximum absolute atomic E-state index is 9.54. The van der Waals surface area contributed by atoms with Gasteiger partial charge in [0.15, 0.2) is 0 Å².